The average Bonchev–Trinajstić information content (AvgIpc) is 2.92. The smallest absolute Gasteiger partial charge is 0.327 e. The van der Waals surface area contributed by atoms with Gasteiger partial charge in [0.15, 0.2) is 0 Å². The predicted octanol–water partition coefficient (Wildman–Crippen LogP) is 0.845. The van der Waals surface area contributed by atoms with Crippen molar-refractivity contribution in [3.05, 3.63) is 16.1 Å². The van der Waals surface area contributed by atoms with Crippen molar-refractivity contribution in [2.45, 2.75) is 19.0 Å². The number of carbonyl (C=O) groups is 3. The van der Waals surface area contributed by atoms with Crippen LogP contribution in [-0.2, 0) is 9.59 Å². The van der Waals surface area contributed by atoms with Gasteiger partial charge in [0.2, 0.25) is 5.91 Å². The molecule has 0 aliphatic rings. The first-order chi connectivity index (χ1) is 10.9. The van der Waals surface area contributed by atoms with Crippen LogP contribution in [0.1, 0.15) is 14.7 Å². The number of nitrogens with zero attached hydrogens (tertiary/aromatic N) is 1. The molecule has 0 aliphatic heterocycles. The van der Waals surface area contributed by atoms with Gasteiger partial charge in [-0.1, -0.05) is 0 Å². The van der Waals surface area contributed by atoms with E-state index < -0.39 is 24.0 Å². The molecule has 2 amide bonds. The summed E-state index contributed by atoms with van der Waals surface area (Å²) in [5, 5.41) is 15.0. The molecule has 0 radical (unpaired) electrons. The monoisotopic (exact) mass is 377 g/mol. The number of amides is 2. The van der Waals surface area contributed by atoms with Crippen molar-refractivity contribution < 1.29 is 19.5 Å². The minimum Gasteiger partial charge on any atom is -0.480 e. The molecular weight excluding hydrogens is 358 g/mol. The SMILES string of the molecule is CSC[C@@H](NC(=O)[C@@H](CSC)NC(=O)c1cnc(C)s1)C(=O)O. The molecule has 128 valence electrons. The standard InChI is InChI=1S/C13H19N3O4S3/c1-7-14-4-10(23-7)12(18)15-8(5-21-2)11(17)16-9(6-22-3)13(19)20/h4,8-9H,5-6H2,1-3H3,(H,15,18)(H,16,17)(H,19,20)/t8-,9-/m1/s1. The molecule has 0 bridgehead atoms. The first-order valence-electron chi connectivity index (χ1n) is 6.63. The zero-order valence-electron chi connectivity index (χ0n) is 13.0. The summed E-state index contributed by atoms with van der Waals surface area (Å²) in [4.78, 5) is 40.0. The molecule has 0 unspecified atom stereocenters. The van der Waals surface area contributed by atoms with Crippen LogP contribution in [0.4, 0.5) is 0 Å². The quantitative estimate of drug-likeness (QED) is 0.585. The first kappa shape index (κ1) is 19.8. The fraction of sp³-hybridized carbons (Fsp3) is 0.538. The largest absolute Gasteiger partial charge is 0.480 e. The molecule has 2 atom stereocenters. The molecule has 0 saturated heterocycles. The summed E-state index contributed by atoms with van der Waals surface area (Å²) in [7, 11) is 0. The van der Waals surface area contributed by atoms with E-state index in [4.69, 9.17) is 5.11 Å². The summed E-state index contributed by atoms with van der Waals surface area (Å²) < 4.78 is 0. The molecule has 23 heavy (non-hydrogen) atoms. The fourth-order valence-corrected chi connectivity index (χ4v) is 3.47. The van der Waals surface area contributed by atoms with E-state index in [0.717, 1.165) is 5.01 Å². The maximum atomic E-state index is 12.3. The molecule has 0 aromatic carbocycles. The number of thiazole rings is 1. The van der Waals surface area contributed by atoms with E-state index in [0.29, 0.717) is 10.6 Å². The van der Waals surface area contributed by atoms with Gasteiger partial charge < -0.3 is 15.7 Å². The second kappa shape index (κ2) is 9.78. The molecule has 0 spiro atoms. The highest BCUT2D eigenvalue weighted by Crippen LogP contribution is 2.12. The van der Waals surface area contributed by atoms with Gasteiger partial charge in [0, 0.05) is 11.5 Å². The van der Waals surface area contributed by atoms with Crippen LogP contribution < -0.4 is 10.6 Å². The van der Waals surface area contributed by atoms with Gasteiger partial charge in [0.1, 0.15) is 17.0 Å². The summed E-state index contributed by atoms with van der Waals surface area (Å²) >= 11 is 3.95. The summed E-state index contributed by atoms with van der Waals surface area (Å²) in [6, 6.07) is -1.78. The van der Waals surface area contributed by atoms with E-state index in [-0.39, 0.29) is 11.7 Å². The second-order valence-corrected chi connectivity index (χ2v) is 7.64. The first-order valence-corrected chi connectivity index (χ1v) is 10.2. The van der Waals surface area contributed by atoms with Crippen molar-refractivity contribution >= 4 is 52.6 Å². The average molecular weight is 378 g/mol. The lowest BCUT2D eigenvalue weighted by atomic mass is 10.2. The van der Waals surface area contributed by atoms with Gasteiger partial charge in [-0.05, 0) is 19.4 Å². The number of rotatable bonds is 9. The topological polar surface area (TPSA) is 108 Å². The number of aliphatic carboxylic acids is 1. The number of aromatic nitrogens is 1. The van der Waals surface area contributed by atoms with Gasteiger partial charge in [-0.25, -0.2) is 9.78 Å². The number of carboxylic acids is 1. The van der Waals surface area contributed by atoms with Crippen LogP contribution in [0.25, 0.3) is 0 Å². The highest BCUT2D eigenvalue weighted by atomic mass is 32.2. The predicted molar refractivity (Wildman–Crippen MR) is 94.4 cm³/mol. The summed E-state index contributed by atoms with van der Waals surface area (Å²) in [6.07, 6.45) is 5.02. The van der Waals surface area contributed by atoms with Crippen molar-refractivity contribution in [3.8, 4) is 0 Å². The summed E-state index contributed by atoms with van der Waals surface area (Å²) in [5.41, 5.74) is 0. The summed E-state index contributed by atoms with van der Waals surface area (Å²) in [5.74, 6) is -1.38. The number of nitrogens with one attached hydrogen (secondary N) is 2. The van der Waals surface area contributed by atoms with Crippen LogP contribution in [-0.4, -0.2) is 64.0 Å². The molecule has 3 N–H and O–H groups in total. The third kappa shape index (κ3) is 6.40. The molecule has 1 rings (SSSR count). The maximum Gasteiger partial charge on any atom is 0.327 e. The van der Waals surface area contributed by atoms with Crippen LogP contribution in [0.15, 0.2) is 6.20 Å². The Morgan fingerprint density at radius 3 is 2.30 bits per heavy atom. The van der Waals surface area contributed by atoms with Crippen molar-refractivity contribution in [2.75, 3.05) is 24.0 Å². The van der Waals surface area contributed by atoms with Gasteiger partial charge in [-0.3, -0.25) is 9.59 Å². The lowest BCUT2D eigenvalue weighted by molar-refractivity contribution is -0.141. The number of hydrogen-bond donors (Lipinski definition) is 3. The zero-order chi connectivity index (χ0) is 17.4. The van der Waals surface area contributed by atoms with E-state index in [1.807, 2.05) is 0 Å². The number of thioether (sulfide) groups is 2. The van der Waals surface area contributed by atoms with Crippen LogP contribution in [0.2, 0.25) is 0 Å². The van der Waals surface area contributed by atoms with Crippen molar-refractivity contribution in [1.29, 1.82) is 0 Å². The van der Waals surface area contributed by atoms with E-state index in [9.17, 15) is 14.4 Å². The van der Waals surface area contributed by atoms with Crippen LogP contribution >= 0.6 is 34.9 Å². The lowest BCUT2D eigenvalue weighted by Gasteiger charge is -2.20. The third-order valence-corrected chi connectivity index (χ3v) is 4.99. The van der Waals surface area contributed by atoms with Crippen LogP contribution in [0.5, 0.6) is 0 Å². The molecule has 0 fully saturated rings. The third-order valence-electron chi connectivity index (χ3n) is 2.75. The maximum absolute atomic E-state index is 12.3. The Hall–Kier alpha value is -1.26. The molecule has 7 nitrogen and oxygen atoms in total. The molecule has 1 heterocycles. The molecule has 1 aromatic heterocycles. The van der Waals surface area contributed by atoms with Crippen molar-refractivity contribution in [2.24, 2.45) is 0 Å². The number of carbonyl (C=O) groups excluding carboxylic acids is 2. The fourth-order valence-electron chi connectivity index (χ4n) is 1.66. The van der Waals surface area contributed by atoms with Crippen molar-refractivity contribution in [1.82, 2.24) is 15.6 Å². The van der Waals surface area contributed by atoms with Gasteiger partial charge in [0.25, 0.3) is 5.91 Å². The van der Waals surface area contributed by atoms with Gasteiger partial charge in [0.05, 0.1) is 11.2 Å². The van der Waals surface area contributed by atoms with Gasteiger partial charge >= 0.3 is 5.97 Å². The van der Waals surface area contributed by atoms with E-state index in [1.165, 1.54) is 41.1 Å². The van der Waals surface area contributed by atoms with Gasteiger partial charge in [-0.2, -0.15) is 23.5 Å². The Labute approximate surface area is 147 Å². The summed E-state index contributed by atoms with van der Waals surface area (Å²) in [6.45, 7) is 1.79. The van der Waals surface area contributed by atoms with E-state index >= 15 is 0 Å². The second-order valence-electron chi connectivity index (χ2n) is 4.58. The minimum atomic E-state index is -1.10. The normalized spacial score (nSPS) is 13.2. The Morgan fingerprint density at radius 2 is 1.83 bits per heavy atom. The van der Waals surface area contributed by atoms with Crippen molar-refractivity contribution in [3.63, 3.8) is 0 Å². The Morgan fingerprint density at radius 1 is 1.22 bits per heavy atom. The molecular formula is C13H19N3O4S3. The highest BCUT2D eigenvalue weighted by Gasteiger charge is 2.26. The number of carboxylic acid groups (broad SMARTS) is 1. The van der Waals surface area contributed by atoms with E-state index in [2.05, 4.69) is 15.6 Å². The van der Waals surface area contributed by atoms with E-state index in [1.54, 1.807) is 19.4 Å². The van der Waals surface area contributed by atoms with Crippen LogP contribution in [0, 0.1) is 6.92 Å². The Balaban J connectivity index is 2.74. The number of hydrogen-bond acceptors (Lipinski definition) is 7. The Bertz CT molecular complexity index is 564. The van der Waals surface area contributed by atoms with Crippen LogP contribution in [0.3, 0.4) is 0 Å². The molecule has 10 heteroatoms. The molecule has 0 aliphatic carbocycles. The zero-order valence-corrected chi connectivity index (χ0v) is 15.4. The molecule has 1 aromatic rings. The Kier molecular flexibility index (Phi) is 8.42. The number of aryl methyl sites for hydroxylation is 1. The highest BCUT2D eigenvalue weighted by molar-refractivity contribution is 7.98. The van der Waals surface area contributed by atoms with Gasteiger partial charge in [-0.15, -0.1) is 11.3 Å². The molecule has 0 saturated carbocycles. The lowest BCUT2D eigenvalue weighted by Crippen LogP contribution is -2.53. The minimum absolute atomic E-state index is 0.259.